The lowest BCUT2D eigenvalue weighted by Gasteiger charge is -2.34. The summed E-state index contributed by atoms with van der Waals surface area (Å²) in [5.41, 5.74) is -1.06. The quantitative estimate of drug-likeness (QED) is 0.749. The van der Waals surface area contributed by atoms with Crippen molar-refractivity contribution in [1.29, 1.82) is 0 Å². The van der Waals surface area contributed by atoms with Gasteiger partial charge in [0.25, 0.3) is 0 Å². The summed E-state index contributed by atoms with van der Waals surface area (Å²) in [5, 5.41) is 0. The Hall–Kier alpha value is -1.30. The van der Waals surface area contributed by atoms with E-state index in [2.05, 4.69) is 0 Å². The summed E-state index contributed by atoms with van der Waals surface area (Å²) in [6.45, 7) is 13.1. The van der Waals surface area contributed by atoms with Crippen LogP contribution in [0, 0.1) is 0 Å². The van der Waals surface area contributed by atoms with Crippen LogP contribution in [0.4, 0.5) is 4.79 Å². The van der Waals surface area contributed by atoms with Gasteiger partial charge in [-0.3, -0.25) is 4.90 Å². The zero-order valence-corrected chi connectivity index (χ0v) is 14.8. The van der Waals surface area contributed by atoms with Gasteiger partial charge in [0.2, 0.25) is 0 Å². The highest BCUT2D eigenvalue weighted by Crippen LogP contribution is 2.30. The van der Waals surface area contributed by atoms with Crippen molar-refractivity contribution in [3.63, 3.8) is 0 Å². The minimum absolute atomic E-state index is 0.280. The number of carbonyl (C=O) groups excluding carboxylic acids is 2. The molecule has 1 saturated heterocycles. The molecule has 6 nitrogen and oxygen atoms in total. The normalized spacial score (nSPS) is 22.6. The van der Waals surface area contributed by atoms with Gasteiger partial charge in [0, 0.05) is 0 Å². The first kappa shape index (κ1) is 18.7. The van der Waals surface area contributed by atoms with Crippen molar-refractivity contribution >= 4 is 12.1 Å². The van der Waals surface area contributed by atoms with Crippen LogP contribution in [-0.4, -0.2) is 47.0 Å². The van der Waals surface area contributed by atoms with Gasteiger partial charge in [0.15, 0.2) is 0 Å². The Bertz CT molecular complexity index is 408. The summed E-state index contributed by atoms with van der Waals surface area (Å²) in [6, 6.07) is -0.651. The molecule has 0 radical (unpaired) electrons. The number of carbonyl (C=O) groups is 2. The summed E-state index contributed by atoms with van der Waals surface area (Å²) in [6.07, 6.45) is 0.0697. The van der Waals surface area contributed by atoms with E-state index in [0.717, 1.165) is 0 Å². The van der Waals surface area contributed by atoms with E-state index in [1.165, 1.54) is 4.90 Å². The van der Waals surface area contributed by atoms with Gasteiger partial charge in [0.1, 0.15) is 17.9 Å². The molecule has 1 unspecified atom stereocenters. The molecule has 1 heterocycles. The lowest BCUT2D eigenvalue weighted by atomic mass is 10.2. The molecule has 0 aliphatic carbocycles. The number of nitrogens with zero attached hydrogens (tertiary/aromatic N) is 1. The second kappa shape index (κ2) is 6.86. The second-order valence-corrected chi connectivity index (χ2v) is 7.42. The molecule has 1 fully saturated rings. The average Bonchev–Trinajstić information content (AvgIpc) is 2.68. The Morgan fingerprint density at radius 2 is 1.64 bits per heavy atom. The third-order valence-electron chi connectivity index (χ3n) is 2.99. The van der Waals surface area contributed by atoms with E-state index in [-0.39, 0.29) is 6.61 Å². The van der Waals surface area contributed by atoms with Gasteiger partial charge in [-0.15, -0.1) is 0 Å². The first-order chi connectivity index (χ1) is 9.94. The van der Waals surface area contributed by atoms with Crippen LogP contribution < -0.4 is 0 Å². The van der Waals surface area contributed by atoms with Gasteiger partial charge in [-0.2, -0.15) is 0 Å². The Labute approximate surface area is 133 Å². The standard InChI is InChI=1S/C16H29NO5/c1-8-20-13(18)11-9-10-12(21-15(2,3)4)17(11)14(19)22-16(5,6)7/h11-12H,8-10H2,1-7H3/t11-,12?/m1/s1. The molecule has 0 spiro atoms. The largest absolute Gasteiger partial charge is 0.464 e. The van der Waals surface area contributed by atoms with Crippen molar-refractivity contribution in [3.05, 3.63) is 0 Å². The van der Waals surface area contributed by atoms with Crippen LogP contribution in [0.3, 0.4) is 0 Å². The van der Waals surface area contributed by atoms with Crippen LogP contribution >= 0.6 is 0 Å². The smallest absolute Gasteiger partial charge is 0.413 e. The van der Waals surface area contributed by atoms with Gasteiger partial charge in [-0.1, -0.05) is 0 Å². The molecule has 0 aromatic heterocycles. The van der Waals surface area contributed by atoms with Crippen LogP contribution in [0.25, 0.3) is 0 Å². The van der Waals surface area contributed by atoms with Crippen LogP contribution in [-0.2, 0) is 19.0 Å². The number of hydrogen-bond donors (Lipinski definition) is 0. The lowest BCUT2D eigenvalue weighted by Crippen LogP contribution is -2.50. The Kier molecular flexibility index (Phi) is 5.84. The van der Waals surface area contributed by atoms with Gasteiger partial charge in [-0.05, 0) is 61.3 Å². The summed E-state index contributed by atoms with van der Waals surface area (Å²) in [4.78, 5) is 26.0. The second-order valence-electron chi connectivity index (χ2n) is 7.42. The fraction of sp³-hybridized carbons (Fsp3) is 0.875. The average molecular weight is 315 g/mol. The minimum atomic E-state index is -0.651. The summed E-state index contributed by atoms with van der Waals surface area (Å²) < 4.78 is 16.4. The highest BCUT2D eigenvalue weighted by atomic mass is 16.6. The number of hydrogen-bond acceptors (Lipinski definition) is 5. The molecule has 6 heteroatoms. The third kappa shape index (κ3) is 5.48. The first-order valence-electron chi connectivity index (χ1n) is 7.80. The van der Waals surface area contributed by atoms with Crippen molar-refractivity contribution in [3.8, 4) is 0 Å². The Morgan fingerprint density at radius 3 is 2.09 bits per heavy atom. The predicted octanol–water partition coefficient (Wildman–Crippen LogP) is 3.09. The maximum absolute atomic E-state index is 12.5. The van der Waals surface area contributed by atoms with E-state index in [1.54, 1.807) is 27.7 Å². The Morgan fingerprint density at radius 1 is 1.05 bits per heavy atom. The molecule has 0 bridgehead atoms. The van der Waals surface area contributed by atoms with Gasteiger partial charge >= 0.3 is 12.1 Å². The van der Waals surface area contributed by atoms with Gasteiger partial charge < -0.3 is 14.2 Å². The van der Waals surface area contributed by atoms with E-state index in [9.17, 15) is 9.59 Å². The molecule has 1 aliphatic heterocycles. The van der Waals surface area contributed by atoms with E-state index < -0.39 is 35.5 Å². The van der Waals surface area contributed by atoms with Crippen molar-refractivity contribution in [1.82, 2.24) is 4.90 Å². The van der Waals surface area contributed by atoms with Crippen molar-refractivity contribution < 1.29 is 23.8 Å². The van der Waals surface area contributed by atoms with Crippen LogP contribution in [0.1, 0.15) is 61.3 Å². The monoisotopic (exact) mass is 315 g/mol. The summed E-state index contributed by atoms with van der Waals surface area (Å²) in [5.74, 6) is -0.409. The number of esters is 1. The molecular weight excluding hydrogens is 286 g/mol. The Balaban J connectivity index is 2.95. The number of likely N-dealkylation sites (tertiary alicyclic amines) is 1. The molecule has 1 aliphatic rings. The molecular formula is C16H29NO5. The van der Waals surface area contributed by atoms with Gasteiger partial charge in [-0.25, -0.2) is 9.59 Å². The van der Waals surface area contributed by atoms with Crippen LogP contribution in [0.15, 0.2) is 0 Å². The van der Waals surface area contributed by atoms with Crippen molar-refractivity contribution in [2.75, 3.05) is 6.61 Å². The highest BCUT2D eigenvalue weighted by Gasteiger charge is 2.45. The maximum atomic E-state index is 12.5. The van der Waals surface area contributed by atoms with E-state index in [4.69, 9.17) is 14.2 Å². The van der Waals surface area contributed by atoms with Gasteiger partial charge in [0.05, 0.1) is 12.2 Å². The van der Waals surface area contributed by atoms with Crippen molar-refractivity contribution in [2.45, 2.75) is 84.8 Å². The molecule has 128 valence electrons. The zero-order chi connectivity index (χ0) is 17.1. The summed E-state index contributed by atoms with van der Waals surface area (Å²) in [7, 11) is 0. The first-order valence-corrected chi connectivity index (χ1v) is 7.80. The number of rotatable bonds is 3. The molecule has 0 saturated carbocycles. The topological polar surface area (TPSA) is 65.1 Å². The zero-order valence-electron chi connectivity index (χ0n) is 14.8. The molecule has 0 aromatic rings. The van der Waals surface area contributed by atoms with E-state index in [1.807, 2.05) is 20.8 Å². The minimum Gasteiger partial charge on any atom is -0.464 e. The number of ether oxygens (including phenoxy) is 3. The summed E-state index contributed by atoms with van der Waals surface area (Å²) >= 11 is 0. The maximum Gasteiger partial charge on any atom is 0.413 e. The van der Waals surface area contributed by atoms with Crippen molar-refractivity contribution in [2.24, 2.45) is 0 Å². The fourth-order valence-electron chi connectivity index (χ4n) is 2.33. The SMILES string of the molecule is CCOC(=O)[C@H]1CCC(OC(C)(C)C)N1C(=O)OC(C)(C)C. The third-order valence-corrected chi connectivity index (χ3v) is 2.99. The van der Waals surface area contributed by atoms with E-state index in [0.29, 0.717) is 12.8 Å². The number of amides is 1. The molecule has 1 rings (SSSR count). The lowest BCUT2D eigenvalue weighted by molar-refractivity contribution is -0.156. The predicted molar refractivity (Wildman–Crippen MR) is 82.4 cm³/mol. The van der Waals surface area contributed by atoms with E-state index >= 15 is 0 Å². The fourth-order valence-corrected chi connectivity index (χ4v) is 2.33. The highest BCUT2D eigenvalue weighted by molar-refractivity contribution is 5.82. The molecule has 0 aromatic carbocycles. The molecule has 22 heavy (non-hydrogen) atoms. The molecule has 1 amide bonds. The molecule has 0 N–H and O–H groups in total. The van der Waals surface area contributed by atoms with Crippen LogP contribution in [0.2, 0.25) is 0 Å². The molecule has 2 atom stereocenters. The van der Waals surface area contributed by atoms with Crippen LogP contribution in [0.5, 0.6) is 0 Å².